The summed E-state index contributed by atoms with van der Waals surface area (Å²) in [6.45, 7) is 0.368. The number of nitrogens with one attached hydrogen (secondary N) is 2. The lowest BCUT2D eigenvalue weighted by atomic mass is 10.2. The van der Waals surface area contributed by atoms with Crippen molar-refractivity contribution in [1.82, 2.24) is 15.3 Å². The summed E-state index contributed by atoms with van der Waals surface area (Å²) in [6.07, 6.45) is 1.75. The average Bonchev–Trinajstić information content (AvgIpc) is 3.16. The molecule has 2 heterocycles. The third kappa shape index (κ3) is 3.66. The Morgan fingerprint density at radius 1 is 1.11 bits per heavy atom. The first-order chi connectivity index (χ1) is 13.5. The molecule has 148 valence electrons. The summed E-state index contributed by atoms with van der Waals surface area (Å²) in [4.78, 5) is 22.0. The Kier molecular flexibility index (Phi) is 5.58. The van der Waals surface area contributed by atoms with E-state index < -0.39 is 0 Å². The van der Waals surface area contributed by atoms with Gasteiger partial charge in [0, 0.05) is 38.3 Å². The van der Waals surface area contributed by atoms with E-state index in [4.69, 9.17) is 14.2 Å². The Bertz CT molecular complexity index is 980. The van der Waals surface area contributed by atoms with Gasteiger partial charge < -0.3 is 29.4 Å². The summed E-state index contributed by atoms with van der Waals surface area (Å²) in [7, 11) is 8.52. The van der Waals surface area contributed by atoms with Gasteiger partial charge in [-0.3, -0.25) is 4.79 Å². The predicted molar refractivity (Wildman–Crippen MR) is 108 cm³/mol. The predicted octanol–water partition coefficient (Wildman–Crippen LogP) is 2.58. The van der Waals surface area contributed by atoms with Crippen LogP contribution in [0, 0.1) is 0 Å². The molecule has 2 aromatic heterocycles. The van der Waals surface area contributed by atoms with Gasteiger partial charge in [0.1, 0.15) is 17.3 Å². The number of carbonyl (C=O) groups is 1. The number of pyridine rings is 1. The number of nitrogens with zero attached hydrogens (tertiary/aromatic N) is 2. The Morgan fingerprint density at radius 3 is 2.43 bits per heavy atom. The molecule has 0 radical (unpaired) electrons. The van der Waals surface area contributed by atoms with E-state index in [0.29, 0.717) is 35.0 Å². The number of methoxy groups -OCH3 is 3. The standard InChI is InChI=1S/C20H24N4O4/c1-24(2)17-7-6-12(10-21-17)11-22-20(25)14-8-13-15(26-3)9-16(27-4)19(28-5)18(13)23-14/h6-10,23H,11H2,1-5H3,(H,22,25). The number of rotatable bonds is 7. The number of fused-ring (bicyclic) bond motifs is 1. The van der Waals surface area contributed by atoms with Crippen LogP contribution in [0.2, 0.25) is 0 Å². The van der Waals surface area contributed by atoms with Crippen LogP contribution in [0.15, 0.2) is 30.5 Å². The minimum atomic E-state index is -0.240. The number of benzene rings is 1. The van der Waals surface area contributed by atoms with Crippen LogP contribution >= 0.6 is 0 Å². The van der Waals surface area contributed by atoms with E-state index in [2.05, 4.69) is 15.3 Å². The maximum absolute atomic E-state index is 12.6. The van der Waals surface area contributed by atoms with E-state index in [0.717, 1.165) is 16.8 Å². The quantitative estimate of drug-likeness (QED) is 0.651. The fourth-order valence-corrected chi connectivity index (χ4v) is 2.92. The first-order valence-electron chi connectivity index (χ1n) is 8.70. The van der Waals surface area contributed by atoms with Crippen LogP contribution in [0.1, 0.15) is 16.1 Å². The summed E-state index contributed by atoms with van der Waals surface area (Å²) in [5.74, 6) is 2.25. The highest BCUT2D eigenvalue weighted by Gasteiger charge is 2.19. The van der Waals surface area contributed by atoms with Gasteiger partial charge in [0.15, 0.2) is 11.5 Å². The molecule has 0 saturated heterocycles. The van der Waals surface area contributed by atoms with E-state index in [1.54, 1.807) is 39.7 Å². The molecule has 0 bridgehead atoms. The van der Waals surface area contributed by atoms with Crippen molar-refractivity contribution in [3.8, 4) is 17.2 Å². The van der Waals surface area contributed by atoms with Crippen molar-refractivity contribution in [2.24, 2.45) is 0 Å². The molecular formula is C20H24N4O4. The van der Waals surface area contributed by atoms with Crippen molar-refractivity contribution >= 4 is 22.6 Å². The zero-order valence-corrected chi connectivity index (χ0v) is 16.6. The molecule has 0 unspecified atom stereocenters. The topological polar surface area (TPSA) is 88.7 Å². The lowest BCUT2D eigenvalue weighted by Gasteiger charge is -2.11. The first kappa shape index (κ1) is 19.3. The molecule has 3 aromatic rings. The number of amides is 1. The molecule has 0 aliphatic heterocycles. The number of hydrogen-bond donors (Lipinski definition) is 2. The molecule has 1 amide bonds. The highest BCUT2D eigenvalue weighted by molar-refractivity contribution is 6.02. The van der Waals surface area contributed by atoms with Crippen LogP contribution in [0.3, 0.4) is 0 Å². The minimum absolute atomic E-state index is 0.240. The summed E-state index contributed by atoms with van der Waals surface area (Å²) in [5, 5.41) is 3.63. The monoisotopic (exact) mass is 384 g/mol. The van der Waals surface area contributed by atoms with Crippen molar-refractivity contribution in [2.45, 2.75) is 6.54 Å². The third-order valence-corrected chi connectivity index (χ3v) is 4.41. The highest BCUT2D eigenvalue weighted by atomic mass is 16.5. The molecule has 0 aliphatic rings. The second-order valence-electron chi connectivity index (χ2n) is 6.39. The molecule has 8 nitrogen and oxygen atoms in total. The first-order valence-corrected chi connectivity index (χ1v) is 8.70. The van der Waals surface area contributed by atoms with E-state index in [1.165, 1.54) is 0 Å². The van der Waals surface area contributed by atoms with Crippen molar-refractivity contribution in [1.29, 1.82) is 0 Å². The fraction of sp³-hybridized carbons (Fsp3) is 0.300. The second-order valence-corrected chi connectivity index (χ2v) is 6.39. The van der Waals surface area contributed by atoms with Gasteiger partial charge in [-0.25, -0.2) is 4.98 Å². The van der Waals surface area contributed by atoms with Crippen LogP contribution < -0.4 is 24.4 Å². The van der Waals surface area contributed by atoms with Gasteiger partial charge in [0.05, 0.1) is 26.8 Å². The number of ether oxygens (including phenoxy) is 3. The summed E-state index contributed by atoms with van der Waals surface area (Å²) in [6, 6.07) is 7.31. The Balaban J connectivity index is 1.83. The SMILES string of the molecule is COc1cc(OC)c2cc(C(=O)NCc3ccc(N(C)C)nc3)[nH]c2c1OC. The highest BCUT2D eigenvalue weighted by Crippen LogP contribution is 2.41. The Morgan fingerprint density at radius 2 is 1.86 bits per heavy atom. The zero-order chi connectivity index (χ0) is 20.3. The van der Waals surface area contributed by atoms with Crippen LogP contribution in [0.25, 0.3) is 10.9 Å². The van der Waals surface area contributed by atoms with E-state index in [9.17, 15) is 4.79 Å². The number of carbonyl (C=O) groups excluding carboxylic acids is 1. The molecule has 0 saturated carbocycles. The second kappa shape index (κ2) is 8.08. The number of anilines is 1. The van der Waals surface area contributed by atoms with Crippen molar-refractivity contribution in [3.63, 3.8) is 0 Å². The van der Waals surface area contributed by atoms with Gasteiger partial charge in [-0.1, -0.05) is 6.07 Å². The lowest BCUT2D eigenvalue weighted by Crippen LogP contribution is -2.23. The third-order valence-electron chi connectivity index (χ3n) is 4.41. The number of H-pyrrole nitrogens is 1. The van der Waals surface area contributed by atoms with Gasteiger partial charge in [0.2, 0.25) is 0 Å². The van der Waals surface area contributed by atoms with Gasteiger partial charge in [-0.15, -0.1) is 0 Å². The number of aromatic nitrogens is 2. The molecule has 3 rings (SSSR count). The van der Waals surface area contributed by atoms with Crippen LogP contribution in [-0.2, 0) is 6.54 Å². The molecular weight excluding hydrogens is 360 g/mol. The normalized spacial score (nSPS) is 10.6. The van der Waals surface area contributed by atoms with E-state index in [1.807, 2.05) is 31.1 Å². The summed E-state index contributed by atoms with van der Waals surface area (Å²) >= 11 is 0. The average molecular weight is 384 g/mol. The van der Waals surface area contributed by atoms with Crippen LogP contribution in [0.5, 0.6) is 17.2 Å². The smallest absolute Gasteiger partial charge is 0.268 e. The Labute approximate surface area is 163 Å². The number of aromatic amines is 1. The lowest BCUT2D eigenvalue weighted by molar-refractivity contribution is 0.0946. The van der Waals surface area contributed by atoms with E-state index >= 15 is 0 Å². The van der Waals surface area contributed by atoms with E-state index in [-0.39, 0.29) is 5.91 Å². The summed E-state index contributed by atoms with van der Waals surface area (Å²) < 4.78 is 16.2. The molecule has 0 fully saturated rings. The minimum Gasteiger partial charge on any atom is -0.496 e. The van der Waals surface area contributed by atoms with Gasteiger partial charge >= 0.3 is 0 Å². The number of hydrogen-bond acceptors (Lipinski definition) is 6. The molecule has 0 aliphatic carbocycles. The molecule has 0 atom stereocenters. The maximum Gasteiger partial charge on any atom is 0.268 e. The largest absolute Gasteiger partial charge is 0.496 e. The maximum atomic E-state index is 12.6. The molecule has 1 aromatic carbocycles. The van der Waals surface area contributed by atoms with Gasteiger partial charge in [-0.2, -0.15) is 0 Å². The summed E-state index contributed by atoms with van der Waals surface area (Å²) in [5.41, 5.74) is 1.95. The molecule has 2 N–H and O–H groups in total. The fourth-order valence-electron chi connectivity index (χ4n) is 2.92. The van der Waals surface area contributed by atoms with Gasteiger partial charge in [-0.05, 0) is 17.7 Å². The molecule has 28 heavy (non-hydrogen) atoms. The van der Waals surface area contributed by atoms with Gasteiger partial charge in [0.25, 0.3) is 5.91 Å². The molecule has 8 heteroatoms. The zero-order valence-electron chi connectivity index (χ0n) is 16.6. The Hall–Kier alpha value is -3.42. The van der Waals surface area contributed by atoms with Crippen molar-refractivity contribution in [3.05, 3.63) is 41.7 Å². The van der Waals surface area contributed by atoms with Crippen LogP contribution in [-0.4, -0.2) is 51.3 Å². The van der Waals surface area contributed by atoms with Crippen LogP contribution in [0.4, 0.5) is 5.82 Å². The van der Waals surface area contributed by atoms with Crippen molar-refractivity contribution in [2.75, 3.05) is 40.3 Å². The van der Waals surface area contributed by atoms with Crippen molar-refractivity contribution < 1.29 is 19.0 Å². The molecule has 0 spiro atoms.